The van der Waals surface area contributed by atoms with Crippen LogP contribution in [-0.4, -0.2) is 12.4 Å². The fourth-order valence-electron chi connectivity index (χ4n) is 1.86. The van der Waals surface area contributed by atoms with Crippen molar-refractivity contribution in [3.8, 4) is 5.75 Å². The van der Waals surface area contributed by atoms with Crippen LogP contribution in [0.15, 0.2) is 47.5 Å². The number of hydrogen-bond acceptors (Lipinski definition) is 3. The van der Waals surface area contributed by atoms with Gasteiger partial charge in [0.1, 0.15) is 29.7 Å². The minimum absolute atomic E-state index is 0.269. The molecule has 4 nitrogen and oxygen atoms in total. The quantitative estimate of drug-likeness (QED) is 0.772. The number of amidine groups is 1. The largest absolute Gasteiger partial charge is 0.484 e. The van der Waals surface area contributed by atoms with Crippen LogP contribution in [0.4, 0.5) is 21.5 Å². The van der Waals surface area contributed by atoms with E-state index in [0.717, 1.165) is 5.69 Å². The molecule has 0 saturated carbocycles. The van der Waals surface area contributed by atoms with E-state index in [4.69, 9.17) is 10.5 Å². The van der Waals surface area contributed by atoms with Crippen LogP contribution >= 0.6 is 0 Å². The van der Waals surface area contributed by atoms with E-state index in [9.17, 15) is 4.39 Å². The Bertz CT molecular complexity index is 655. The summed E-state index contributed by atoms with van der Waals surface area (Å²) >= 11 is 0. The van der Waals surface area contributed by atoms with Gasteiger partial charge in [-0.1, -0.05) is 12.1 Å². The van der Waals surface area contributed by atoms with Gasteiger partial charge in [-0.25, -0.2) is 9.38 Å². The summed E-state index contributed by atoms with van der Waals surface area (Å²) < 4.78 is 19.0. The average Bonchev–Trinajstić information content (AvgIpc) is 2.41. The van der Waals surface area contributed by atoms with Crippen molar-refractivity contribution in [1.29, 1.82) is 0 Å². The molecule has 0 radical (unpaired) electrons. The van der Waals surface area contributed by atoms with Crippen molar-refractivity contribution in [2.75, 3.05) is 17.7 Å². The lowest BCUT2D eigenvalue weighted by Gasteiger charge is -2.21. The van der Waals surface area contributed by atoms with Crippen LogP contribution in [0, 0.1) is 5.82 Å². The summed E-state index contributed by atoms with van der Waals surface area (Å²) in [5, 5.41) is 3.09. The lowest BCUT2D eigenvalue weighted by molar-refractivity contribution is 0.372. The number of benzene rings is 2. The number of nitrogens with two attached hydrogens (primary N) is 1. The molecule has 19 heavy (non-hydrogen) atoms. The van der Waals surface area contributed by atoms with Gasteiger partial charge in [-0.05, 0) is 30.3 Å². The number of ether oxygens (including phenoxy) is 1. The third-order valence-electron chi connectivity index (χ3n) is 2.75. The first-order valence-electron chi connectivity index (χ1n) is 5.84. The highest BCUT2D eigenvalue weighted by Crippen LogP contribution is 2.30. The number of hydrogen-bond donors (Lipinski definition) is 2. The smallest absolute Gasteiger partial charge is 0.148 e. The van der Waals surface area contributed by atoms with Gasteiger partial charge in [0.05, 0.1) is 5.69 Å². The van der Waals surface area contributed by atoms with E-state index < -0.39 is 0 Å². The molecular formula is C14H12FN3O. The van der Waals surface area contributed by atoms with Crippen molar-refractivity contribution in [2.45, 2.75) is 0 Å². The third-order valence-corrected chi connectivity index (χ3v) is 2.75. The predicted molar refractivity (Wildman–Crippen MR) is 73.5 cm³/mol. The maximum Gasteiger partial charge on any atom is 0.148 e. The van der Waals surface area contributed by atoms with Gasteiger partial charge in [0, 0.05) is 5.69 Å². The summed E-state index contributed by atoms with van der Waals surface area (Å²) in [6.45, 7) is 0.269. The maximum absolute atomic E-state index is 13.5. The van der Waals surface area contributed by atoms with E-state index in [2.05, 4.69) is 10.3 Å². The number of rotatable bonds is 1. The summed E-state index contributed by atoms with van der Waals surface area (Å²) in [7, 11) is 0. The van der Waals surface area contributed by atoms with Crippen LogP contribution in [0.25, 0.3) is 0 Å². The van der Waals surface area contributed by atoms with Crippen molar-refractivity contribution in [2.24, 2.45) is 4.99 Å². The van der Waals surface area contributed by atoms with Gasteiger partial charge in [0.2, 0.25) is 0 Å². The van der Waals surface area contributed by atoms with Crippen LogP contribution in [0.1, 0.15) is 0 Å². The highest BCUT2D eigenvalue weighted by Gasteiger charge is 2.15. The zero-order valence-corrected chi connectivity index (χ0v) is 10.1. The fraction of sp³-hybridized carbons (Fsp3) is 0.0714. The summed E-state index contributed by atoms with van der Waals surface area (Å²) in [5.41, 5.74) is 7.35. The van der Waals surface area contributed by atoms with Gasteiger partial charge in [0.25, 0.3) is 0 Å². The van der Waals surface area contributed by atoms with Gasteiger partial charge in [0.15, 0.2) is 0 Å². The van der Waals surface area contributed by atoms with Gasteiger partial charge in [-0.15, -0.1) is 0 Å². The number of nitrogen functional groups attached to an aromatic ring is 1. The molecule has 0 amide bonds. The van der Waals surface area contributed by atoms with Crippen molar-refractivity contribution in [3.63, 3.8) is 0 Å². The second kappa shape index (κ2) is 4.61. The van der Waals surface area contributed by atoms with Crippen LogP contribution in [0.2, 0.25) is 0 Å². The second-order valence-electron chi connectivity index (χ2n) is 4.18. The SMILES string of the molecule is Nc1ccc2c(c1)NC(=Nc1ccccc1F)CO2. The minimum Gasteiger partial charge on any atom is -0.484 e. The monoisotopic (exact) mass is 257 g/mol. The first-order valence-corrected chi connectivity index (χ1v) is 5.84. The van der Waals surface area contributed by atoms with Gasteiger partial charge in [-0.3, -0.25) is 0 Å². The number of para-hydroxylation sites is 1. The van der Waals surface area contributed by atoms with Gasteiger partial charge < -0.3 is 15.8 Å². The normalized spacial score (nSPS) is 15.5. The number of anilines is 2. The van der Waals surface area contributed by atoms with E-state index >= 15 is 0 Å². The Morgan fingerprint density at radius 1 is 1.21 bits per heavy atom. The molecule has 2 aromatic rings. The summed E-state index contributed by atoms with van der Waals surface area (Å²) in [6, 6.07) is 11.6. The second-order valence-corrected chi connectivity index (χ2v) is 4.18. The Morgan fingerprint density at radius 2 is 2.05 bits per heavy atom. The Morgan fingerprint density at radius 3 is 2.89 bits per heavy atom. The predicted octanol–water partition coefficient (Wildman–Crippen LogP) is 2.94. The maximum atomic E-state index is 13.5. The lowest BCUT2D eigenvalue weighted by atomic mass is 10.2. The summed E-state index contributed by atoms with van der Waals surface area (Å²) in [5.74, 6) is 0.889. The highest BCUT2D eigenvalue weighted by molar-refractivity contribution is 6.01. The molecule has 0 unspecified atom stereocenters. The van der Waals surface area contributed by atoms with Crippen LogP contribution in [0.3, 0.4) is 0 Å². The summed E-state index contributed by atoms with van der Waals surface area (Å²) in [4.78, 5) is 4.21. The molecule has 0 aromatic heterocycles. The zero-order valence-electron chi connectivity index (χ0n) is 10.1. The average molecular weight is 257 g/mol. The number of aliphatic imine (C=N–C) groups is 1. The number of nitrogens with zero attached hydrogens (tertiary/aromatic N) is 1. The molecule has 1 aliphatic rings. The van der Waals surface area contributed by atoms with Crippen LogP contribution < -0.4 is 15.8 Å². The zero-order chi connectivity index (χ0) is 13.2. The fourth-order valence-corrected chi connectivity index (χ4v) is 1.86. The van der Waals surface area contributed by atoms with E-state index in [1.165, 1.54) is 6.07 Å². The third kappa shape index (κ3) is 2.35. The molecule has 1 aliphatic heterocycles. The highest BCUT2D eigenvalue weighted by atomic mass is 19.1. The Labute approximate surface area is 109 Å². The molecule has 3 N–H and O–H groups in total. The van der Waals surface area contributed by atoms with Crippen molar-refractivity contribution < 1.29 is 9.13 Å². The van der Waals surface area contributed by atoms with Gasteiger partial charge in [-0.2, -0.15) is 0 Å². The van der Waals surface area contributed by atoms with Crippen molar-refractivity contribution >= 4 is 22.9 Å². The molecule has 96 valence electrons. The molecule has 1 heterocycles. The standard InChI is InChI=1S/C14H12FN3O/c15-10-3-1-2-4-11(10)17-14-8-19-13-6-5-9(16)7-12(13)18-14/h1-7H,8,16H2,(H,17,18). The summed E-state index contributed by atoms with van der Waals surface area (Å²) in [6.07, 6.45) is 0. The molecular weight excluding hydrogens is 245 g/mol. The molecule has 0 atom stereocenters. The van der Waals surface area contributed by atoms with Crippen LogP contribution in [0.5, 0.6) is 5.75 Å². The number of nitrogens with one attached hydrogen (secondary N) is 1. The minimum atomic E-state index is -0.366. The topological polar surface area (TPSA) is 59.6 Å². The molecule has 0 spiro atoms. The van der Waals surface area contributed by atoms with E-state index in [1.807, 2.05) is 0 Å². The molecule has 0 aliphatic carbocycles. The molecule has 3 rings (SSSR count). The van der Waals surface area contributed by atoms with Crippen molar-refractivity contribution in [3.05, 3.63) is 48.3 Å². The molecule has 0 saturated heterocycles. The van der Waals surface area contributed by atoms with Crippen LogP contribution in [-0.2, 0) is 0 Å². The molecule has 0 bridgehead atoms. The lowest BCUT2D eigenvalue weighted by Crippen LogP contribution is -2.25. The molecule has 0 fully saturated rings. The Hall–Kier alpha value is -2.56. The van der Waals surface area contributed by atoms with E-state index in [0.29, 0.717) is 17.3 Å². The first-order chi connectivity index (χ1) is 9.22. The van der Waals surface area contributed by atoms with E-state index in [-0.39, 0.29) is 18.1 Å². The first kappa shape index (κ1) is 11.5. The Balaban J connectivity index is 1.91. The molecule has 2 aromatic carbocycles. The Kier molecular flexibility index (Phi) is 2.79. The number of halogens is 1. The number of fused-ring (bicyclic) bond motifs is 1. The van der Waals surface area contributed by atoms with Crippen molar-refractivity contribution in [1.82, 2.24) is 0 Å². The van der Waals surface area contributed by atoms with E-state index in [1.54, 1.807) is 36.4 Å². The molecule has 5 heteroatoms. The van der Waals surface area contributed by atoms with Gasteiger partial charge >= 0.3 is 0 Å².